The molecular formula is C18H28N2. The molecule has 0 spiro atoms. The van der Waals surface area contributed by atoms with Gasteiger partial charge in [0.15, 0.2) is 0 Å². The zero-order valence-corrected chi connectivity index (χ0v) is 12.9. The second-order valence-corrected chi connectivity index (χ2v) is 6.72. The Balaban J connectivity index is 1.68. The fourth-order valence-electron chi connectivity index (χ4n) is 4.07. The molecule has 0 bridgehead atoms. The predicted molar refractivity (Wildman–Crippen MR) is 86.3 cm³/mol. The van der Waals surface area contributed by atoms with E-state index in [0.717, 1.165) is 12.0 Å². The molecule has 20 heavy (non-hydrogen) atoms. The van der Waals surface area contributed by atoms with Crippen molar-refractivity contribution in [2.24, 2.45) is 5.92 Å². The largest absolute Gasteiger partial charge is 0.382 e. The predicted octanol–water partition coefficient (Wildman–Crippen LogP) is 4.03. The number of piperidine rings is 1. The summed E-state index contributed by atoms with van der Waals surface area (Å²) in [6.07, 6.45) is 8.24. The van der Waals surface area contributed by atoms with E-state index in [1.54, 1.807) is 0 Å². The molecule has 2 nitrogen and oxygen atoms in total. The summed E-state index contributed by atoms with van der Waals surface area (Å²) < 4.78 is 0. The van der Waals surface area contributed by atoms with Crippen molar-refractivity contribution in [3.05, 3.63) is 29.3 Å². The molecule has 1 saturated heterocycles. The molecule has 3 unspecified atom stereocenters. The first kappa shape index (κ1) is 13.9. The second kappa shape index (κ2) is 6.17. The third-order valence-electron chi connectivity index (χ3n) is 5.16. The van der Waals surface area contributed by atoms with Crippen molar-refractivity contribution in [1.29, 1.82) is 0 Å². The molecule has 1 aromatic rings. The maximum absolute atomic E-state index is 3.84. The molecule has 2 fully saturated rings. The molecule has 2 heteroatoms. The molecular weight excluding hydrogens is 244 g/mol. The second-order valence-electron chi connectivity index (χ2n) is 6.72. The van der Waals surface area contributed by atoms with Crippen molar-refractivity contribution in [3.63, 3.8) is 0 Å². The lowest BCUT2D eigenvalue weighted by Crippen LogP contribution is -2.44. The Hall–Kier alpha value is -1.02. The molecule has 1 aromatic carbocycles. The summed E-state index contributed by atoms with van der Waals surface area (Å²) in [5.41, 5.74) is 4.07. The van der Waals surface area contributed by atoms with Crippen LogP contribution >= 0.6 is 0 Å². The van der Waals surface area contributed by atoms with Crippen molar-refractivity contribution < 1.29 is 0 Å². The zero-order valence-electron chi connectivity index (χ0n) is 12.9. The normalized spacial score (nSPS) is 30.4. The lowest BCUT2D eigenvalue weighted by Gasteiger charge is -2.33. The maximum Gasteiger partial charge on any atom is 0.0372 e. The van der Waals surface area contributed by atoms with Gasteiger partial charge in [0, 0.05) is 17.8 Å². The highest BCUT2D eigenvalue weighted by molar-refractivity contribution is 5.52. The van der Waals surface area contributed by atoms with Gasteiger partial charge in [0.25, 0.3) is 0 Å². The van der Waals surface area contributed by atoms with E-state index in [4.69, 9.17) is 0 Å². The van der Waals surface area contributed by atoms with Crippen LogP contribution in [-0.2, 0) is 0 Å². The summed E-state index contributed by atoms with van der Waals surface area (Å²) in [6, 6.07) is 8.17. The smallest absolute Gasteiger partial charge is 0.0372 e. The highest BCUT2D eigenvalue weighted by Crippen LogP contribution is 2.34. The van der Waals surface area contributed by atoms with E-state index in [9.17, 15) is 0 Å². The van der Waals surface area contributed by atoms with E-state index in [1.165, 1.54) is 61.9 Å². The van der Waals surface area contributed by atoms with E-state index < -0.39 is 0 Å². The minimum Gasteiger partial charge on any atom is -0.382 e. The number of hydrogen-bond acceptors (Lipinski definition) is 2. The van der Waals surface area contributed by atoms with E-state index in [-0.39, 0.29) is 0 Å². The van der Waals surface area contributed by atoms with Crippen molar-refractivity contribution in [1.82, 2.24) is 5.32 Å². The van der Waals surface area contributed by atoms with Gasteiger partial charge < -0.3 is 10.6 Å². The molecule has 0 radical (unpaired) electrons. The number of anilines is 1. The lowest BCUT2D eigenvalue weighted by atomic mass is 9.88. The number of benzene rings is 1. The van der Waals surface area contributed by atoms with Crippen LogP contribution in [0, 0.1) is 19.8 Å². The van der Waals surface area contributed by atoms with Gasteiger partial charge in [-0.15, -0.1) is 0 Å². The maximum atomic E-state index is 3.84. The van der Waals surface area contributed by atoms with E-state index in [2.05, 4.69) is 42.7 Å². The van der Waals surface area contributed by atoms with Crippen LogP contribution in [0.5, 0.6) is 0 Å². The molecule has 110 valence electrons. The van der Waals surface area contributed by atoms with Crippen LogP contribution in [0.3, 0.4) is 0 Å². The van der Waals surface area contributed by atoms with Crippen molar-refractivity contribution >= 4 is 5.69 Å². The quantitative estimate of drug-likeness (QED) is 0.868. The van der Waals surface area contributed by atoms with Crippen LogP contribution in [0.25, 0.3) is 0 Å². The summed E-state index contributed by atoms with van der Waals surface area (Å²) in [7, 11) is 0. The van der Waals surface area contributed by atoms with Crippen LogP contribution in [-0.4, -0.2) is 18.6 Å². The van der Waals surface area contributed by atoms with Gasteiger partial charge in [-0.05, 0) is 63.6 Å². The van der Waals surface area contributed by atoms with Gasteiger partial charge in [-0.25, -0.2) is 0 Å². The summed E-state index contributed by atoms with van der Waals surface area (Å²) in [5.74, 6) is 0.816. The average molecular weight is 272 g/mol. The Morgan fingerprint density at radius 1 is 1.05 bits per heavy atom. The first-order valence-electron chi connectivity index (χ1n) is 8.31. The fraction of sp³-hybridized carbons (Fsp3) is 0.667. The molecule has 2 N–H and O–H groups in total. The zero-order chi connectivity index (χ0) is 13.9. The Morgan fingerprint density at radius 3 is 2.70 bits per heavy atom. The van der Waals surface area contributed by atoms with Gasteiger partial charge in [-0.2, -0.15) is 0 Å². The Kier molecular flexibility index (Phi) is 4.30. The van der Waals surface area contributed by atoms with Crippen LogP contribution in [0.4, 0.5) is 5.69 Å². The summed E-state index contributed by atoms with van der Waals surface area (Å²) in [6.45, 7) is 5.61. The van der Waals surface area contributed by atoms with Gasteiger partial charge in [0.1, 0.15) is 0 Å². The Labute approximate surface area is 123 Å². The van der Waals surface area contributed by atoms with Gasteiger partial charge in [0.2, 0.25) is 0 Å². The minimum atomic E-state index is 0.659. The molecule has 1 aliphatic heterocycles. The number of aryl methyl sites for hydroxylation is 2. The number of nitrogens with one attached hydrogen (secondary N) is 2. The highest BCUT2D eigenvalue weighted by Gasteiger charge is 2.34. The van der Waals surface area contributed by atoms with E-state index in [0.29, 0.717) is 6.04 Å². The average Bonchev–Trinajstić information content (AvgIpc) is 2.91. The highest BCUT2D eigenvalue weighted by atomic mass is 15.0. The Morgan fingerprint density at radius 2 is 1.95 bits per heavy atom. The van der Waals surface area contributed by atoms with Gasteiger partial charge in [-0.3, -0.25) is 0 Å². The number of rotatable bonds is 3. The molecule has 3 rings (SSSR count). The number of hydrogen-bond donors (Lipinski definition) is 2. The van der Waals surface area contributed by atoms with Gasteiger partial charge in [0.05, 0.1) is 0 Å². The summed E-state index contributed by atoms with van der Waals surface area (Å²) in [4.78, 5) is 0. The summed E-state index contributed by atoms with van der Waals surface area (Å²) in [5, 5.41) is 7.60. The van der Waals surface area contributed by atoms with Crippen LogP contribution in [0.15, 0.2) is 18.2 Å². The Bertz CT molecular complexity index is 449. The lowest BCUT2D eigenvalue weighted by molar-refractivity contribution is 0.286. The monoisotopic (exact) mass is 272 g/mol. The van der Waals surface area contributed by atoms with Gasteiger partial charge in [-0.1, -0.05) is 30.5 Å². The first-order chi connectivity index (χ1) is 9.74. The first-order valence-corrected chi connectivity index (χ1v) is 8.31. The third kappa shape index (κ3) is 3.01. The van der Waals surface area contributed by atoms with Crippen molar-refractivity contribution in [2.45, 2.75) is 64.5 Å². The van der Waals surface area contributed by atoms with Gasteiger partial charge >= 0.3 is 0 Å². The fourth-order valence-corrected chi connectivity index (χ4v) is 4.07. The molecule has 1 saturated carbocycles. The molecule has 3 atom stereocenters. The van der Waals surface area contributed by atoms with E-state index in [1.807, 2.05) is 0 Å². The summed E-state index contributed by atoms with van der Waals surface area (Å²) >= 11 is 0. The molecule has 1 heterocycles. The standard InChI is InChI=1S/C18H28N2/c1-13-9-10-16(14(2)12-13)20-18-8-5-6-15(18)17-7-3-4-11-19-17/h9-10,12,15,17-20H,3-8,11H2,1-2H3. The van der Waals surface area contributed by atoms with Crippen LogP contribution in [0.2, 0.25) is 0 Å². The minimum absolute atomic E-state index is 0.659. The van der Waals surface area contributed by atoms with Crippen molar-refractivity contribution in [2.75, 3.05) is 11.9 Å². The SMILES string of the molecule is Cc1ccc(NC2CCCC2C2CCCCN2)c(C)c1. The molecule has 0 aromatic heterocycles. The van der Waals surface area contributed by atoms with Crippen LogP contribution < -0.4 is 10.6 Å². The van der Waals surface area contributed by atoms with Crippen LogP contribution in [0.1, 0.15) is 49.7 Å². The van der Waals surface area contributed by atoms with E-state index >= 15 is 0 Å². The third-order valence-corrected chi connectivity index (χ3v) is 5.16. The molecule has 1 aliphatic carbocycles. The topological polar surface area (TPSA) is 24.1 Å². The molecule has 2 aliphatic rings. The molecule has 0 amide bonds. The van der Waals surface area contributed by atoms with Crippen molar-refractivity contribution in [3.8, 4) is 0 Å².